The topological polar surface area (TPSA) is 72.2 Å². The van der Waals surface area contributed by atoms with Crippen LogP contribution in [0.2, 0.25) is 0 Å². The van der Waals surface area contributed by atoms with Gasteiger partial charge in [-0.1, -0.05) is 0 Å². The molecule has 19 heavy (non-hydrogen) atoms. The summed E-state index contributed by atoms with van der Waals surface area (Å²) in [5.41, 5.74) is -1.03. The Balaban J connectivity index is 3.26. The highest BCUT2D eigenvalue weighted by Gasteiger charge is 2.23. The predicted octanol–water partition coefficient (Wildman–Crippen LogP) is 2.01. The Kier molecular flexibility index (Phi) is 5.18. The van der Waals surface area contributed by atoms with Crippen molar-refractivity contribution in [3.8, 4) is 11.9 Å². The second-order valence-corrected chi connectivity index (χ2v) is 3.47. The van der Waals surface area contributed by atoms with Gasteiger partial charge < -0.3 is 9.47 Å². The Bertz CT molecular complexity index is 512. The summed E-state index contributed by atoms with van der Waals surface area (Å²) < 4.78 is 35.4. The number of nitrogens with zero attached hydrogens (tertiary/aromatic N) is 2. The van der Waals surface area contributed by atoms with E-state index < -0.39 is 24.4 Å². The van der Waals surface area contributed by atoms with Crippen molar-refractivity contribution >= 4 is 5.97 Å². The summed E-state index contributed by atoms with van der Waals surface area (Å²) in [6.07, 6.45) is -3.34. The maximum Gasteiger partial charge on any atom is 0.311 e. The van der Waals surface area contributed by atoms with E-state index in [9.17, 15) is 13.6 Å². The van der Waals surface area contributed by atoms with Gasteiger partial charge in [0.25, 0.3) is 6.43 Å². The number of hydrogen-bond acceptors (Lipinski definition) is 5. The van der Waals surface area contributed by atoms with Crippen LogP contribution in [0.25, 0.3) is 0 Å². The summed E-state index contributed by atoms with van der Waals surface area (Å²) in [7, 11) is 1.29. The highest BCUT2D eigenvalue weighted by molar-refractivity contribution is 5.73. The number of ether oxygens (including phenoxy) is 2. The fraction of sp³-hybridized carbons (Fsp3) is 0.417. The summed E-state index contributed by atoms with van der Waals surface area (Å²) in [6.45, 7) is 1.74. The first-order valence-electron chi connectivity index (χ1n) is 5.45. The zero-order valence-electron chi connectivity index (χ0n) is 10.4. The van der Waals surface area contributed by atoms with Gasteiger partial charge in [0.15, 0.2) is 0 Å². The lowest BCUT2D eigenvalue weighted by molar-refractivity contribution is -0.142. The lowest BCUT2D eigenvalue weighted by Gasteiger charge is -2.11. The van der Waals surface area contributed by atoms with Crippen molar-refractivity contribution in [3.63, 3.8) is 0 Å². The van der Waals surface area contributed by atoms with Gasteiger partial charge in [0, 0.05) is 6.07 Å². The highest BCUT2D eigenvalue weighted by Crippen LogP contribution is 2.28. The molecule has 1 heterocycles. The fourth-order valence-electron chi connectivity index (χ4n) is 1.51. The monoisotopic (exact) mass is 270 g/mol. The minimum absolute atomic E-state index is 0.000230. The Hall–Kier alpha value is -2.23. The summed E-state index contributed by atoms with van der Waals surface area (Å²) in [5, 5.41) is 8.87. The second kappa shape index (κ2) is 6.64. The average Bonchev–Trinajstić information content (AvgIpc) is 2.37. The standard InChI is InChI=1S/C12H12F2N2O3/c1-3-19-10(17)5-8-11(12(13)14)7(6-15)4-9(16-8)18-2/h4,12H,3,5H2,1-2H3. The van der Waals surface area contributed by atoms with Crippen LogP contribution in [0.1, 0.15) is 30.2 Å². The van der Waals surface area contributed by atoms with Gasteiger partial charge in [-0.2, -0.15) is 5.26 Å². The highest BCUT2D eigenvalue weighted by atomic mass is 19.3. The number of pyridine rings is 1. The summed E-state index contributed by atoms with van der Waals surface area (Å²) in [6, 6.07) is 2.75. The van der Waals surface area contributed by atoms with E-state index in [1.807, 2.05) is 0 Å². The molecule has 0 N–H and O–H groups in total. The molecule has 0 amide bonds. The minimum Gasteiger partial charge on any atom is -0.481 e. The number of nitriles is 1. The van der Waals surface area contributed by atoms with E-state index in [0.717, 1.165) is 6.07 Å². The van der Waals surface area contributed by atoms with Crippen LogP contribution >= 0.6 is 0 Å². The third-order valence-electron chi connectivity index (χ3n) is 2.28. The van der Waals surface area contributed by atoms with Gasteiger partial charge in [0.2, 0.25) is 5.88 Å². The van der Waals surface area contributed by atoms with Crippen LogP contribution in [0.3, 0.4) is 0 Å². The van der Waals surface area contributed by atoms with Gasteiger partial charge in [0.05, 0.1) is 43.0 Å². The Morgan fingerprint density at radius 1 is 1.58 bits per heavy atom. The molecule has 0 radical (unpaired) electrons. The fourth-order valence-corrected chi connectivity index (χ4v) is 1.51. The van der Waals surface area contributed by atoms with Crippen molar-refractivity contribution < 1.29 is 23.0 Å². The van der Waals surface area contributed by atoms with Crippen LogP contribution < -0.4 is 4.74 Å². The number of methoxy groups -OCH3 is 1. The average molecular weight is 270 g/mol. The summed E-state index contributed by atoms with van der Waals surface area (Å²) in [4.78, 5) is 15.1. The zero-order chi connectivity index (χ0) is 14.4. The molecule has 102 valence electrons. The normalized spacial score (nSPS) is 10.1. The van der Waals surface area contributed by atoms with Gasteiger partial charge in [-0.05, 0) is 6.92 Å². The number of aromatic nitrogens is 1. The van der Waals surface area contributed by atoms with Crippen LogP contribution in [0, 0.1) is 11.3 Å². The van der Waals surface area contributed by atoms with Crippen molar-refractivity contribution in [1.29, 1.82) is 5.26 Å². The van der Waals surface area contributed by atoms with E-state index in [1.165, 1.54) is 7.11 Å². The molecule has 0 aliphatic carbocycles. The zero-order valence-corrected chi connectivity index (χ0v) is 10.4. The van der Waals surface area contributed by atoms with Crippen LogP contribution in [0.4, 0.5) is 8.78 Å². The number of hydrogen-bond donors (Lipinski definition) is 0. The molecule has 0 aliphatic rings. The number of alkyl halides is 2. The first-order valence-corrected chi connectivity index (χ1v) is 5.45. The van der Waals surface area contributed by atoms with Gasteiger partial charge in [-0.3, -0.25) is 4.79 Å². The number of rotatable bonds is 5. The van der Waals surface area contributed by atoms with E-state index in [0.29, 0.717) is 0 Å². The van der Waals surface area contributed by atoms with Crippen LogP contribution in [-0.4, -0.2) is 24.7 Å². The molecule has 1 rings (SSSR count). The Labute approximate surface area is 108 Å². The molecule has 0 bridgehead atoms. The smallest absolute Gasteiger partial charge is 0.311 e. The lowest BCUT2D eigenvalue weighted by atomic mass is 10.1. The molecule has 0 spiro atoms. The molecule has 0 saturated carbocycles. The van der Waals surface area contributed by atoms with Crippen molar-refractivity contribution in [2.45, 2.75) is 19.8 Å². The molecule has 5 nitrogen and oxygen atoms in total. The molecule has 1 aromatic heterocycles. The van der Waals surface area contributed by atoms with E-state index >= 15 is 0 Å². The second-order valence-electron chi connectivity index (χ2n) is 3.47. The molecular weight excluding hydrogens is 258 g/mol. The Morgan fingerprint density at radius 2 is 2.26 bits per heavy atom. The van der Waals surface area contributed by atoms with E-state index in [1.54, 1.807) is 13.0 Å². The van der Waals surface area contributed by atoms with Crippen LogP contribution in [-0.2, 0) is 16.0 Å². The first-order chi connectivity index (χ1) is 9.03. The van der Waals surface area contributed by atoms with Crippen molar-refractivity contribution in [2.24, 2.45) is 0 Å². The van der Waals surface area contributed by atoms with Gasteiger partial charge >= 0.3 is 5.97 Å². The van der Waals surface area contributed by atoms with Gasteiger partial charge in [-0.25, -0.2) is 13.8 Å². The third kappa shape index (κ3) is 3.61. The molecule has 0 fully saturated rings. The number of carbonyl (C=O) groups excluding carboxylic acids is 1. The van der Waals surface area contributed by atoms with Gasteiger partial charge in [0.1, 0.15) is 0 Å². The number of carbonyl (C=O) groups is 1. The largest absolute Gasteiger partial charge is 0.481 e. The molecular formula is C12H12F2N2O3. The van der Waals surface area contributed by atoms with E-state index in [2.05, 4.69) is 9.72 Å². The first kappa shape index (κ1) is 14.8. The predicted molar refractivity (Wildman–Crippen MR) is 60.8 cm³/mol. The molecule has 0 saturated heterocycles. The van der Waals surface area contributed by atoms with Crippen molar-refractivity contribution in [2.75, 3.05) is 13.7 Å². The van der Waals surface area contributed by atoms with Crippen LogP contribution in [0.5, 0.6) is 5.88 Å². The summed E-state index contributed by atoms with van der Waals surface area (Å²) >= 11 is 0. The van der Waals surface area contributed by atoms with Crippen LogP contribution in [0.15, 0.2) is 6.07 Å². The lowest BCUT2D eigenvalue weighted by Crippen LogP contribution is -2.12. The minimum atomic E-state index is -2.91. The molecule has 0 aromatic carbocycles. The Morgan fingerprint density at radius 3 is 2.74 bits per heavy atom. The molecule has 0 unspecified atom stereocenters. The number of halogens is 2. The maximum atomic E-state index is 13.0. The number of esters is 1. The van der Waals surface area contributed by atoms with Gasteiger partial charge in [-0.15, -0.1) is 0 Å². The molecule has 1 aromatic rings. The SMILES string of the molecule is CCOC(=O)Cc1nc(OC)cc(C#N)c1C(F)F. The van der Waals surface area contributed by atoms with Crippen molar-refractivity contribution in [1.82, 2.24) is 4.98 Å². The van der Waals surface area contributed by atoms with Crippen molar-refractivity contribution in [3.05, 3.63) is 22.9 Å². The third-order valence-corrected chi connectivity index (χ3v) is 2.28. The molecule has 7 heteroatoms. The molecule has 0 aliphatic heterocycles. The molecule has 0 atom stereocenters. The summed E-state index contributed by atoms with van der Waals surface area (Å²) in [5.74, 6) is -0.686. The van der Waals surface area contributed by atoms with E-state index in [-0.39, 0.29) is 23.7 Å². The maximum absolute atomic E-state index is 13.0. The quantitative estimate of drug-likeness (QED) is 0.765. The van der Waals surface area contributed by atoms with E-state index in [4.69, 9.17) is 10.00 Å².